The molecule has 1 aliphatic heterocycles. The molecule has 29 heavy (non-hydrogen) atoms. The summed E-state index contributed by atoms with van der Waals surface area (Å²) in [6.07, 6.45) is 2.56. The third-order valence-corrected chi connectivity index (χ3v) is 6.36. The Labute approximate surface area is 171 Å². The molecule has 0 spiro atoms. The van der Waals surface area contributed by atoms with Crippen LogP contribution in [-0.2, 0) is 27.9 Å². The topological polar surface area (TPSA) is 78.5 Å². The van der Waals surface area contributed by atoms with Crippen molar-refractivity contribution in [3.63, 3.8) is 0 Å². The van der Waals surface area contributed by atoms with E-state index in [4.69, 9.17) is 0 Å². The maximum absolute atomic E-state index is 12.9. The number of carbonyl (C=O) groups excluding carboxylic acids is 1. The third-order valence-electron chi connectivity index (χ3n) is 4.89. The molecule has 3 rings (SSSR count). The SMILES string of the molecule is O=C(CCNS(=O)(=O)c1ccc(F)cc1)NCc1ccc(CN2CCCC2)cc1. The zero-order valence-electron chi connectivity index (χ0n) is 16.2. The Morgan fingerprint density at radius 3 is 2.24 bits per heavy atom. The number of hydrogen-bond acceptors (Lipinski definition) is 4. The molecule has 8 heteroatoms. The van der Waals surface area contributed by atoms with Crippen LogP contribution in [0, 0.1) is 5.82 Å². The van der Waals surface area contributed by atoms with Gasteiger partial charge in [-0.15, -0.1) is 0 Å². The number of hydrogen-bond donors (Lipinski definition) is 2. The summed E-state index contributed by atoms with van der Waals surface area (Å²) in [6.45, 7) is 3.64. The summed E-state index contributed by atoms with van der Waals surface area (Å²) in [6, 6.07) is 12.7. The van der Waals surface area contributed by atoms with E-state index in [2.05, 4.69) is 27.1 Å². The van der Waals surface area contributed by atoms with Crippen LogP contribution in [-0.4, -0.2) is 38.9 Å². The van der Waals surface area contributed by atoms with E-state index in [1.165, 1.54) is 30.5 Å². The molecule has 0 aromatic heterocycles. The molecule has 0 radical (unpaired) electrons. The highest BCUT2D eigenvalue weighted by molar-refractivity contribution is 7.89. The van der Waals surface area contributed by atoms with Crippen LogP contribution in [0.5, 0.6) is 0 Å². The van der Waals surface area contributed by atoms with Gasteiger partial charge in [0.15, 0.2) is 0 Å². The summed E-state index contributed by atoms with van der Waals surface area (Å²) in [7, 11) is -3.76. The number of nitrogens with one attached hydrogen (secondary N) is 2. The fourth-order valence-corrected chi connectivity index (χ4v) is 4.28. The van der Waals surface area contributed by atoms with E-state index < -0.39 is 15.8 Å². The van der Waals surface area contributed by atoms with E-state index in [9.17, 15) is 17.6 Å². The summed E-state index contributed by atoms with van der Waals surface area (Å²) in [5.74, 6) is -0.750. The van der Waals surface area contributed by atoms with E-state index >= 15 is 0 Å². The van der Waals surface area contributed by atoms with Gasteiger partial charge in [-0.25, -0.2) is 17.5 Å². The predicted octanol–water partition coefficient (Wildman–Crippen LogP) is 2.41. The maximum atomic E-state index is 12.9. The van der Waals surface area contributed by atoms with Crippen molar-refractivity contribution in [2.24, 2.45) is 0 Å². The van der Waals surface area contributed by atoms with E-state index in [1.54, 1.807) is 0 Å². The minimum absolute atomic E-state index is 0.0213. The van der Waals surface area contributed by atoms with Crippen LogP contribution < -0.4 is 10.0 Å². The number of amides is 1. The summed E-state index contributed by atoms with van der Waals surface area (Å²) >= 11 is 0. The van der Waals surface area contributed by atoms with E-state index in [1.807, 2.05) is 12.1 Å². The summed E-state index contributed by atoms with van der Waals surface area (Å²) in [5, 5.41) is 2.79. The van der Waals surface area contributed by atoms with E-state index in [0.29, 0.717) is 6.54 Å². The lowest BCUT2D eigenvalue weighted by molar-refractivity contribution is -0.121. The third kappa shape index (κ3) is 6.62. The zero-order valence-corrected chi connectivity index (χ0v) is 17.1. The largest absolute Gasteiger partial charge is 0.352 e. The summed E-state index contributed by atoms with van der Waals surface area (Å²) < 4.78 is 39.4. The van der Waals surface area contributed by atoms with Gasteiger partial charge in [0, 0.05) is 26.1 Å². The van der Waals surface area contributed by atoms with E-state index in [-0.39, 0.29) is 23.8 Å². The van der Waals surface area contributed by atoms with Crippen molar-refractivity contribution >= 4 is 15.9 Å². The van der Waals surface area contributed by atoms with Crippen LogP contribution in [0.4, 0.5) is 4.39 Å². The first-order valence-corrected chi connectivity index (χ1v) is 11.2. The van der Waals surface area contributed by atoms with Crippen molar-refractivity contribution in [1.82, 2.24) is 14.9 Å². The van der Waals surface area contributed by atoms with Gasteiger partial charge >= 0.3 is 0 Å². The van der Waals surface area contributed by atoms with Gasteiger partial charge < -0.3 is 5.32 Å². The lowest BCUT2D eigenvalue weighted by Gasteiger charge is -2.14. The second kappa shape index (κ2) is 9.96. The van der Waals surface area contributed by atoms with Crippen LogP contribution in [0.2, 0.25) is 0 Å². The van der Waals surface area contributed by atoms with Crippen LogP contribution in [0.1, 0.15) is 30.4 Å². The normalized spacial score (nSPS) is 14.8. The lowest BCUT2D eigenvalue weighted by Crippen LogP contribution is -2.30. The zero-order chi connectivity index (χ0) is 20.7. The number of halogens is 1. The molecule has 0 bridgehead atoms. The second-order valence-corrected chi connectivity index (χ2v) is 8.95. The fraction of sp³-hybridized carbons (Fsp3) is 0.381. The molecule has 6 nitrogen and oxygen atoms in total. The first-order chi connectivity index (χ1) is 13.9. The van der Waals surface area contributed by atoms with E-state index in [0.717, 1.165) is 37.3 Å². The Hall–Kier alpha value is -2.29. The van der Waals surface area contributed by atoms with Crippen LogP contribution in [0.15, 0.2) is 53.4 Å². The Balaban J connectivity index is 1.38. The number of benzene rings is 2. The number of likely N-dealkylation sites (tertiary alicyclic amines) is 1. The van der Waals surface area contributed by atoms with Crippen molar-refractivity contribution in [3.8, 4) is 0 Å². The minimum atomic E-state index is -3.76. The molecule has 2 N–H and O–H groups in total. The molecule has 2 aromatic rings. The molecule has 0 unspecified atom stereocenters. The van der Waals surface area contributed by atoms with Crippen LogP contribution in [0.25, 0.3) is 0 Å². The Kier molecular flexibility index (Phi) is 7.35. The number of nitrogens with zero attached hydrogens (tertiary/aromatic N) is 1. The van der Waals surface area contributed by atoms with Gasteiger partial charge in [0.05, 0.1) is 4.90 Å². The molecule has 1 saturated heterocycles. The molecule has 1 amide bonds. The maximum Gasteiger partial charge on any atom is 0.240 e. The van der Waals surface area contributed by atoms with Gasteiger partial charge in [-0.1, -0.05) is 24.3 Å². The lowest BCUT2D eigenvalue weighted by atomic mass is 10.1. The van der Waals surface area contributed by atoms with Gasteiger partial charge in [-0.2, -0.15) is 0 Å². The molecule has 1 fully saturated rings. The van der Waals surface area contributed by atoms with Crippen LogP contribution >= 0.6 is 0 Å². The van der Waals surface area contributed by atoms with Gasteiger partial charge in [0.25, 0.3) is 0 Å². The van der Waals surface area contributed by atoms with Gasteiger partial charge in [-0.3, -0.25) is 9.69 Å². The van der Waals surface area contributed by atoms with Crippen molar-refractivity contribution in [1.29, 1.82) is 0 Å². The van der Waals surface area contributed by atoms with Gasteiger partial charge in [0.1, 0.15) is 5.82 Å². The molecular formula is C21H26FN3O3S. The molecule has 0 saturated carbocycles. The Bertz CT molecular complexity index is 909. The first-order valence-electron chi connectivity index (χ1n) is 9.74. The van der Waals surface area contributed by atoms with Crippen molar-refractivity contribution < 1.29 is 17.6 Å². The minimum Gasteiger partial charge on any atom is -0.352 e. The molecule has 0 atom stereocenters. The Morgan fingerprint density at radius 1 is 0.966 bits per heavy atom. The predicted molar refractivity (Wildman–Crippen MR) is 109 cm³/mol. The fourth-order valence-electron chi connectivity index (χ4n) is 3.25. The average molecular weight is 420 g/mol. The number of rotatable bonds is 9. The van der Waals surface area contributed by atoms with Crippen molar-refractivity contribution in [2.45, 2.75) is 37.2 Å². The molecular weight excluding hydrogens is 393 g/mol. The van der Waals surface area contributed by atoms with Crippen molar-refractivity contribution in [3.05, 3.63) is 65.5 Å². The first kappa shape index (κ1) is 21.4. The highest BCUT2D eigenvalue weighted by Crippen LogP contribution is 2.13. The van der Waals surface area contributed by atoms with Gasteiger partial charge in [0.2, 0.25) is 15.9 Å². The number of sulfonamides is 1. The number of carbonyl (C=O) groups is 1. The summed E-state index contributed by atoms with van der Waals surface area (Å²) in [5.41, 5.74) is 2.26. The molecule has 1 aliphatic rings. The molecule has 1 heterocycles. The molecule has 2 aromatic carbocycles. The van der Waals surface area contributed by atoms with Crippen LogP contribution in [0.3, 0.4) is 0 Å². The molecule has 156 valence electrons. The van der Waals surface area contributed by atoms with Gasteiger partial charge in [-0.05, 0) is 61.3 Å². The second-order valence-electron chi connectivity index (χ2n) is 7.18. The standard InChI is InChI=1S/C21H26FN3O3S/c22-19-7-9-20(10-8-19)29(27,28)24-12-11-21(26)23-15-17-3-5-18(6-4-17)16-25-13-1-2-14-25/h3-10,24H,1-2,11-16H2,(H,23,26). The highest BCUT2D eigenvalue weighted by Gasteiger charge is 2.14. The van der Waals surface area contributed by atoms with Crippen molar-refractivity contribution in [2.75, 3.05) is 19.6 Å². The molecule has 0 aliphatic carbocycles. The highest BCUT2D eigenvalue weighted by atomic mass is 32.2. The smallest absolute Gasteiger partial charge is 0.240 e. The monoisotopic (exact) mass is 419 g/mol. The quantitative estimate of drug-likeness (QED) is 0.654. The summed E-state index contributed by atoms with van der Waals surface area (Å²) in [4.78, 5) is 14.4. The Morgan fingerprint density at radius 2 is 1.59 bits per heavy atom. The average Bonchev–Trinajstić information content (AvgIpc) is 3.21.